The number of likely N-dealkylation sites (N-methyl/N-ethyl adjacent to an activating group) is 1. The van der Waals surface area contributed by atoms with Crippen molar-refractivity contribution >= 4 is 11.9 Å². The average molecular weight is 514 g/mol. The van der Waals surface area contributed by atoms with Crippen molar-refractivity contribution in [2.45, 2.75) is 43.7 Å². The van der Waals surface area contributed by atoms with Crippen molar-refractivity contribution in [3.63, 3.8) is 0 Å². The van der Waals surface area contributed by atoms with Crippen LogP contribution < -0.4 is 15.0 Å². The lowest BCUT2D eigenvalue weighted by Crippen LogP contribution is -2.38. The third-order valence-corrected chi connectivity index (χ3v) is 7.15. The summed E-state index contributed by atoms with van der Waals surface area (Å²) in [6.07, 6.45) is 2.68. The normalized spacial score (nSPS) is 17.9. The quantitative estimate of drug-likeness (QED) is 0.523. The molecule has 1 atom stereocenters. The molecule has 0 aliphatic carbocycles. The van der Waals surface area contributed by atoms with E-state index in [0.29, 0.717) is 37.3 Å². The molecule has 10 heteroatoms. The zero-order valence-electron chi connectivity index (χ0n) is 22.1. The van der Waals surface area contributed by atoms with Crippen LogP contribution in [0.2, 0.25) is 0 Å². The molecule has 3 heterocycles. The molecule has 0 bridgehead atoms. The molecule has 37 heavy (non-hydrogen) atoms. The van der Waals surface area contributed by atoms with Crippen LogP contribution in [0.1, 0.15) is 37.3 Å². The van der Waals surface area contributed by atoms with Crippen LogP contribution in [0.25, 0.3) is 11.4 Å². The summed E-state index contributed by atoms with van der Waals surface area (Å²) >= 11 is 0. The summed E-state index contributed by atoms with van der Waals surface area (Å²) in [4.78, 5) is 25.9. The molecule has 2 saturated heterocycles. The Hall–Kier alpha value is -2.95. The Morgan fingerprint density at radius 1 is 1.22 bits per heavy atom. The molecule has 202 valence electrons. The summed E-state index contributed by atoms with van der Waals surface area (Å²) in [5.74, 6) is 2.41. The van der Waals surface area contributed by atoms with Crippen LogP contribution in [0.15, 0.2) is 30.3 Å². The van der Waals surface area contributed by atoms with Crippen LogP contribution in [0.5, 0.6) is 5.75 Å². The van der Waals surface area contributed by atoms with E-state index in [2.05, 4.69) is 23.3 Å². The molecule has 1 unspecified atom stereocenters. The number of anilines is 1. The summed E-state index contributed by atoms with van der Waals surface area (Å²) < 4.78 is 16.3. The van der Waals surface area contributed by atoms with Gasteiger partial charge in [-0.2, -0.15) is 0 Å². The number of methoxy groups -OCH3 is 1. The van der Waals surface area contributed by atoms with Gasteiger partial charge in [0.25, 0.3) is 0 Å². The van der Waals surface area contributed by atoms with E-state index in [-0.39, 0.29) is 18.6 Å². The first-order valence-corrected chi connectivity index (χ1v) is 13.1. The molecule has 0 radical (unpaired) electrons. The van der Waals surface area contributed by atoms with E-state index in [1.807, 2.05) is 24.3 Å². The second-order valence-corrected chi connectivity index (χ2v) is 9.71. The number of carbonyl (C=O) groups excluding carboxylic acids is 1. The predicted octanol–water partition coefficient (Wildman–Crippen LogP) is 2.66. The molecular formula is C27H39N5O5. The largest absolute Gasteiger partial charge is 0.491 e. The van der Waals surface area contributed by atoms with Crippen LogP contribution in [-0.4, -0.2) is 98.9 Å². The van der Waals surface area contributed by atoms with Crippen molar-refractivity contribution in [2.24, 2.45) is 0 Å². The number of aliphatic hydroxyl groups excluding tert-OH is 1. The molecule has 0 saturated carbocycles. The van der Waals surface area contributed by atoms with E-state index in [9.17, 15) is 9.90 Å². The van der Waals surface area contributed by atoms with E-state index in [1.165, 1.54) is 7.11 Å². The molecule has 10 nitrogen and oxygen atoms in total. The monoisotopic (exact) mass is 513 g/mol. The lowest BCUT2D eigenvalue weighted by Gasteiger charge is -2.34. The van der Waals surface area contributed by atoms with Gasteiger partial charge in [0.1, 0.15) is 24.3 Å². The number of ether oxygens (including phenoxy) is 3. The fourth-order valence-electron chi connectivity index (χ4n) is 4.93. The summed E-state index contributed by atoms with van der Waals surface area (Å²) in [5.41, 5.74) is 1.84. The van der Waals surface area contributed by atoms with Gasteiger partial charge in [-0.3, -0.25) is 0 Å². The number of likely N-dealkylation sites (tertiary alicyclic amines) is 1. The highest BCUT2D eigenvalue weighted by Gasteiger charge is 2.27. The molecule has 2 aliphatic heterocycles. The van der Waals surface area contributed by atoms with E-state index in [0.717, 1.165) is 56.0 Å². The molecule has 1 amide bonds. The number of nitrogens with one attached hydrogen (secondary N) is 1. The molecule has 2 aliphatic rings. The molecule has 1 aromatic heterocycles. The van der Waals surface area contributed by atoms with Gasteiger partial charge in [0, 0.05) is 69.2 Å². The lowest BCUT2D eigenvalue weighted by atomic mass is 9.93. The molecule has 2 N–H and O–H groups in total. The van der Waals surface area contributed by atoms with Crippen LogP contribution >= 0.6 is 0 Å². The van der Waals surface area contributed by atoms with Crippen LogP contribution in [0, 0.1) is 0 Å². The Bertz CT molecular complexity index is 1020. The van der Waals surface area contributed by atoms with Gasteiger partial charge in [-0.15, -0.1) is 0 Å². The van der Waals surface area contributed by atoms with Gasteiger partial charge in [-0.05, 0) is 44.9 Å². The van der Waals surface area contributed by atoms with E-state index >= 15 is 0 Å². The number of hydrogen-bond acceptors (Lipinski definition) is 9. The van der Waals surface area contributed by atoms with Crippen molar-refractivity contribution in [3.8, 4) is 17.1 Å². The van der Waals surface area contributed by atoms with Gasteiger partial charge < -0.3 is 34.4 Å². The highest BCUT2D eigenvalue weighted by Crippen LogP contribution is 2.32. The lowest BCUT2D eigenvalue weighted by molar-refractivity contribution is 0.0853. The second-order valence-electron chi connectivity index (χ2n) is 9.71. The van der Waals surface area contributed by atoms with Crippen LogP contribution in [-0.2, 0) is 9.47 Å². The highest BCUT2D eigenvalue weighted by atomic mass is 16.5. The van der Waals surface area contributed by atoms with E-state index in [4.69, 9.17) is 24.2 Å². The van der Waals surface area contributed by atoms with Gasteiger partial charge in [-0.1, -0.05) is 12.1 Å². The molecular weight excluding hydrogens is 474 g/mol. The molecule has 1 aromatic carbocycles. The highest BCUT2D eigenvalue weighted by molar-refractivity contribution is 5.67. The number of benzene rings is 1. The summed E-state index contributed by atoms with van der Waals surface area (Å²) in [7, 11) is 5.31. The Morgan fingerprint density at radius 2 is 1.97 bits per heavy atom. The zero-order valence-corrected chi connectivity index (χ0v) is 22.1. The number of aliphatic hydroxyl groups is 1. The van der Waals surface area contributed by atoms with Crippen molar-refractivity contribution in [3.05, 3.63) is 36.0 Å². The van der Waals surface area contributed by atoms with E-state index in [1.54, 1.807) is 11.9 Å². The molecule has 2 fully saturated rings. The van der Waals surface area contributed by atoms with Gasteiger partial charge >= 0.3 is 6.09 Å². The topological polar surface area (TPSA) is 109 Å². The third-order valence-electron chi connectivity index (χ3n) is 7.15. The first-order valence-electron chi connectivity index (χ1n) is 13.1. The molecule has 0 spiro atoms. The number of rotatable bonds is 9. The van der Waals surface area contributed by atoms with Gasteiger partial charge in [0.15, 0.2) is 5.82 Å². The number of piperidine rings is 1. The van der Waals surface area contributed by atoms with Crippen molar-refractivity contribution in [2.75, 3.05) is 65.6 Å². The fraction of sp³-hybridized carbons (Fsp3) is 0.593. The van der Waals surface area contributed by atoms with Crippen LogP contribution in [0.3, 0.4) is 0 Å². The number of nitrogens with zero attached hydrogens (tertiary/aromatic N) is 4. The number of hydrogen-bond donors (Lipinski definition) is 2. The number of carbonyl (C=O) groups is 1. The fourth-order valence-corrected chi connectivity index (χ4v) is 4.93. The maximum absolute atomic E-state index is 12.0. The van der Waals surface area contributed by atoms with E-state index < -0.39 is 6.10 Å². The third kappa shape index (κ3) is 7.09. The summed E-state index contributed by atoms with van der Waals surface area (Å²) in [6.45, 7) is 3.44. The smallest absolute Gasteiger partial charge is 0.409 e. The van der Waals surface area contributed by atoms with Gasteiger partial charge in [0.2, 0.25) is 0 Å². The maximum Gasteiger partial charge on any atom is 0.409 e. The number of amides is 1. The minimum atomic E-state index is -0.594. The predicted molar refractivity (Wildman–Crippen MR) is 141 cm³/mol. The van der Waals surface area contributed by atoms with Crippen molar-refractivity contribution in [1.82, 2.24) is 20.2 Å². The zero-order chi connectivity index (χ0) is 26.2. The van der Waals surface area contributed by atoms with Crippen molar-refractivity contribution in [1.29, 1.82) is 0 Å². The number of aromatic nitrogens is 2. The summed E-state index contributed by atoms with van der Waals surface area (Å²) in [5, 5.41) is 13.0. The Balaban J connectivity index is 1.60. The van der Waals surface area contributed by atoms with Gasteiger partial charge in [-0.25, -0.2) is 14.8 Å². The minimum Gasteiger partial charge on any atom is -0.491 e. The Morgan fingerprint density at radius 3 is 2.68 bits per heavy atom. The maximum atomic E-state index is 12.0. The molecule has 4 rings (SSSR count). The first-order chi connectivity index (χ1) is 18.0. The Kier molecular flexibility index (Phi) is 9.54. The first kappa shape index (κ1) is 27.1. The molecule has 2 aromatic rings. The minimum absolute atomic E-state index is 0.196. The van der Waals surface area contributed by atoms with Crippen molar-refractivity contribution < 1.29 is 24.1 Å². The second kappa shape index (κ2) is 13.0. The van der Waals surface area contributed by atoms with Crippen LogP contribution in [0.4, 0.5) is 10.6 Å². The average Bonchev–Trinajstić information content (AvgIpc) is 2.96. The Labute approximate surface area is 218 Å². The SMILES string of the molecule is CNCC(O)COc1cccc(-c2nc(C3CCN(C(=O)OC)CC3)cc(N(C)C3CCOCC3)n2)c1. The standard InChI is InChI=1S/C27H39N5O5/c1-28-17-22(33)18-37-23-6-4-5-20(15-23)26-29-24(19-7-11-32(12-8-19)27(34)35-3)16-25(30-26)31(2)21-9-13-36-14-10-21/h4-6,15-16,19,21-22,28,33H,7-14,17-18H2,1-3H3. The van der Waals surface area contributed by atoms with Gasteiger partial charge in [0.05, 0.1) is 7.11 Å². The summed E-state index contributed by atoms with van der Waals surface area (Å²) in [6, 6.07) is 10.1.